The first-order valence-electron chi connectivity index (χ1n) is 9.57. The molecule has 3 rings (SSSR count). The maximum atomic E-state index is 6.33. The number of benzene rings is 2. The monoisotopic (exact) mass is 368 g/mol. The Morgan fingerprint density at radius 2 is 1.85 bits per heavy atom. The van der Waals surface area contributed by atoms with Gasteiger partial charge >= 0.3 is 0 Å². The molecule has 1 fully saturated rings. The highest BCUT2D eigenvalue weighted by molar-refractivity contribution is 6.31. The van der Waals surface area contributed by atoms with Gasteiger partial charge in [0.05, 0.1) is 12.0 Å². The van der Waals surface area contributed by atoms with Crippen molar-refractivity contribution in [2.24, 2.45) is 10.9 Å². The van der Waals surface area contributed by atoms with E-state index in [0.29, 0.717) is 6.04 Å². The predicted octanol–water partition coefficient (Wildman–Crippen LogP) is 6.33. The molecule has 0 heterocycles. The smallest absolute Gasteiger partial charge is 0.0914 e. The van der Waals surface area contributed by atoms with Crippen LogP contribution in [0.4, 0.5) is 5.69 Å². The standard InChI is InChI=1S/C23H29ClN2/c1-16(2)26(14-19-9-10-19)15-25-23-12-17(3)21(11-18(23)4)13-20-7-5-6-8-22(20)24/h5-8,11-12,15-16,19H,9-10,13-14H2,1-4H3. The largest absolute Gasteiger partial charge is 0.360 e. The third-order valence-electron chi connectivity index (χ3n) is 5.17. The molecule has 2 aromatic rings. The molecule has 0 amide bonds. The number of nitrogens with zero attached hydrogens (tertiary/aromatic N) is 2. The van der Waals surface area contributed by atoms with Crippen LogP contribution in [0.5, 0.6) is 0 Å². The van der Waals surface area contributed by atoms with Crippen LogP contribution in [0.25, 0.3) is 0 Å². The van der Waals surface area contributed by atoms with Crippen LogP contribution in [0.1, 0.15) is 48.9 Å². The lowest BCUT2D eigenvalue weighted by Crippen LogP contribution is -2.31. The zero-order valence-electron chi connectivity index (χ0n) is 16.3. The Balaban J connectivity index is 1.78. The van der Waals surface area contributed by atoms with E-state index in [0.717, 1.165) is 29.6 Å². The maximum Gasteiger partial charge on any atom is 0.0914 e. The van der Waals surface area contributed by atoms with Crippen molar-refractivity contribution in [3.05, 3.63) is 63.7 Å². The van der Waals surface area contributed by atoms with Gasteiger partial charge in [-0.25, -0.2) is 4.99 Å². The number of rotatable bonds is 7. The van der Waals surface area contributed by atoms with E-state index in [1.807, 2.05) is 24.5 Å². The minimum Gasteiger partial charge on any atom is -0.360 e. The molecule has 0 aromatic heterocycles. The van der Waals surface area contributed by atoms with E-state index in [4.69, 9.17) is 16.6 Å². The Morgan fingerprint density at radius 3 is 2.50 bits per heavy atom. The van der Waals surface area contributed by atoms with Crippen molar-refractivity contribution in [3.63, 3.8) is 0 Å². The first kappa shape index (κ1) is 19.0. The molecule has 0 spiro atoms. The summed E-state index contributed by atoms with van der Waals surface area (Å²) >= 11 is 6.33. The third-order valence-corrected chi connectivity index (χ3v) is 5.54. The van der Waals surface area contributed by atoms with Crippen molar-refractivity contribution in [1.29, 1.82) is 0 Å². The minimum atomic E-state index is 0.486. The fourth-order valence-electron chi connectivity index (χ4n) is 3.16. The van der Waals surface area contributed by atoms with Gasteiger partial charge in [0, 0.05) is 17.6 Å². The van der Waals surface area contributed by atoms with Crippen molar-refractivity contribution >= 4 is 23.6 Å². The summed E-state index contributed by atoms with van der Waals surface area (Å²) in [7, 11) is 0. The third kappa shape index (κ3) is 4.88. The second-order valence-corrected chi connectivity index (χ2v) is 8.22. The van der Waals surface area contributed by atoms with Gasteiger partial charge in [-0.05, 0) is 87.3 Å². The van der Waals surface area contributed by atoms with Gasteiger partial charge < -0.3 is 4.90 Å². The van der Waals surface area contributed by atoms with Crippen LogP contribution in [-0.4, -0.2) is 23.8 Å². The molecule has 1 aliphatic carbocycles. The van der Waals surface area contributed by atoms with Gasteiger partial charge in [0.2, 0.25) is 0 Å². The van der Waals surface area contributed by atoms with Gasteiger partial charge in [-0.2, -0.15) is 0 Å². The molecule has 1 aliphatic rings. The summed E-state index contributed by atoms with van der Waals surface area (Å²) in [5, 5.41) is 0.833. The zero-order chi connectivity index (χ0) is 18.7. The number of aliphatic imine (C=N–C) groups is 1. The van der Waals surface area contributed by atoms with Crippen molar-refractivity contribution < 1.29 is 0 Å². The summed E-state index contributed by atoms with van der Waals surface area (Å²) in [6.45, 7) is 9.90. The average Bonchev–Trinajstić information content (AvgIpc) is 3.41. The first-order chi connectivity index (χ1) is 12.4. The van der Waals surface area contributed by atoms with Crippen LogP contribution in [0.2, 0.25) is 5.02 Å². The lowest BCUT2D eigenvalue weighted by atomic mass is 9.97. The minimum absolute atomic E-state index is 0.486. The number of halogens is 1. The lowest BCUT2D eigenvalue weighted by Gasteiger charge is -2.24. The fraction of sp³-hybridized carbons (Fsp3) is 0.435. The quantitative estimate of drug-likeness (QED) is 0.412. The highest BCUT2D eigenvalue weighted by Crippen LogP contribution is 2.30. The highest BCUT2D eigenvalue weighted by atomic mass is 35.5. The molecule has 0 N–H and O–H groups in total. The molecule has 138 valence electrons. The molecular weight excluding hydrogens is 340 g/mol. The summed E-state index contributed by atoms with van der Waals surface area (Å²) in [6.07, 6.45) is 5.63. The number of aryl methyl sites for hydroxylation is 2. The molecule has 0 atom stereocenters. The van der Waals surface area contributed by atoms with Gasteiger partial charge in [-0.1, -0.05) is 35.9 Å². The number of hydrogen-bond donors (Lipinski definition) is 0. The normalized spacial score (nSPS) is 14.4. The first-order valence-corrected chi connectivity index (χ1v) is 9.95. The van der Waals surface area contributed by atoms with Crippen molar-refractivity contribution in [2.45, 2.75) is 53.0 Å². The molecule has 2 nitrogen and oxygen atoms in total. The second kappa shape index (κ2) is 8.26. The summed E-state index contributed by atoms with van der Waals surface area (Å²) in [4.78, 5) is 7.17. The molecule has 0 radical (unpaired) electrons. The van der Waals surface area contributed by atoms with Gasteiger partial charge in [0.25, 0.3) is 0 Å². The van der Waals surface area contributed by atoms with Crippen LogP contribution in [-0.2, 0) is 6.42 Å². The van der Waals surface area contributed by atoms with Gasteiger partial charge in [-0.3, -0.25) is 0 Å². The SMILES string of the molecule is Cc1cc(N=CN(CC2CC2)C(C)C)c(C)cc1Cc1ccccc1Cl. The highest BCUT2D eigenvalue weighted by Gasteiger charge is 2.24. The van der Waals surface area contributed by atoms with Crippen molar-refractivity contribution in [3.8, 4) is 0 Å². The van der Waals surface area contributed by atoms with E-state index >= 15 is 0 Å². The van der Waals surface area contributed by atoms with Crippen LogP contribution in [0.3, 0.4) is 0 Å². The zero-order valence-corrected chi connectivity index (χ0v) is 17.1. The topological polar surface area (TPSA) is 15.6 Å². The summed E-state index contributed by atoms with van der Waals surface area (Å²) in [5.41, 5.74) is 6.02. The summed E-state index contributed by atoms with van der Waals surface area (Å²) < 4.78 is 0. The second-order valence-electron chi connectivity index (χ2n) is 7.81. The van der Waals surface area contributed by atoms with E-state index in [9.17, 15) is 0 Å². The van der Waals surface area contributed by atoms with Crippen LogP contribution in [0, 0.1) is 19.8 Å². The molecule has 0 unspecified atom stereocenters. The van der Waals surface area contributed by atoms with Crippen molar-refractivity contribution in [1.82, 2.24) is 4.90 Å². The van der Waals surface area contributed by atoms with E-state index < -0.39 is 0 Å². The summed E-state index contributed by atoms with van der Waals surface area (Å²) in [5.74, 6) is 0.865. The molecular formula is C23H29ClN2. The predicted molar refractivity (Wildman–Crippen MR) is 113 cm³/mol. The molecule has 2 aromatic carbocycles. The molecule has 0 aliphatic heterocycles. The van der Waals surface area contributed by atoms with Gasteiger partial charge in [0.15, 0.2) is 0 Å². The Morgan fingerprint density at radius 1 is 1.12 bits per heavy atom. The van der Waals surface area contributed by atoms with Gasteiger partial charge in [-0.15, -0.1) is 0 Å². The molecule has 0 bridgehead atoms. The molecule has 1 saturated carbocycles. The lowest BCUT2D eigenvalue weighted by molar-refractivity contribution is 0.346. The summed E-state index contributed by atoms with van der Waals surface area (Å²) in [6, 6.07) is 13.0. The van der Waals surface area contributed by atoms with Crippen LogP contribution < -0.4 is 0 Å². The maximum absolute atomic E-state index is 6.33. The Hall–Kier alpha value is -1.80. The van der Waals surface area contributed by atoms with E-state index in [2.05, 4.69) is 50.8 Å². The number of hydrogen-bond acceptors (Lipinski definition) is 1. The average molecular weight is 369 g/mol. The Labute approximate surface area is 162 Å². The van der Waals surface area contributed by atoms with E-state index in [-0.39, 0.29) is 0 Å². The molecule has 0 saturated heterocycles. The Kier molecular flexibility index (Phi) is 6.03. The molecule has 3 heteroatoms. The van der Waals surface area contributed by atoms with Crippen LogP contribution >= 0.6 is 11.6 Å². The van der Waals surface area contributed by atoms with Crippen molar-refractivity contribution in [2.75, 3.05) is 6.54 Å². The Bertz CT molecular complexity index is 791. The van der Waals surface area contributed by atoms with Gasteiger partial charge in [0.1, 0.15) is 0 Å². The molecule has 26 heavy (non-hydrogen) atoms. The fourth-order valence-corrected chi connectivity index (χ4v) is 3.37. The van der Waals surface area contributed by atoms with Crippen LogP contribution in [0.15, 0.2) is 41.4 Å². The van der Waals surface area contributed by atoms with E-state index in [1.165, 1.54) is 35.1 Å². The van der Waals surface area contributed by atoms with E-state index in [1.54, 1.807) is 0 Å².